The minimum absolute atomic E-state index is 0.207. The standard InChI is InChI=1S/C11H18N4O2/c1-7-8(2)12-10(14(3)4)13-9(7)6-15(5)11(16)17/h6H2,1-5H3,(H,16,17)/p-1. The molecule has 0 aliphatic carbocycles. The van der Waals surface area contributed by atoms with Gasteiger partial charge < -0.3 is 19.7 Å². The predicted octanol–water partition coefficient (Wildman–Crippen LogP) is -0.0655. The summed E-state index contributed by atoms with van der Waals surface area (Å²) in [5.41, 5.74) is 2.46. The predicted molar refractivity (Wildman–Crippen MR) is 62.7 cm³/mol. The van der Waals surface area contributed by atoms with E-state index in [1.54, 1.807) is 4.90 Å². The molecular weight excluding hydrogens is 220 g/mol. The van der Waals surface area contributed by atoms with Crippen molar-refractivity contribution in [3.63, 3.8) is 0 Å². The van der Waals surface area contributed by atoms with Crippen molar-refractivity contribution in [1.29, 1.82) is 0 Å². The maximum atomic E-state index is 10.7. The summed E-state index contributed by atoms with van der Waals surface area (Å²) in [6, 6.07) is 0. The molecule has 0 bridgehead atoms. The van der Waals surface area contributed by atoms with Crippen LogP contribution in [0, 0.1) is 13.8 Å². The molecule has 0 fully saturated rings. The van der Waals surface area contributed by atoms with E-state index in [4.69, 9.17) is 0 Å². The van der Waals surface area contributed by atoms with E-state index >= 15 is 0 Å². The minimum Gasteiger partial charge on any atom is -0.530 e. The van der Waals surface area contributed by atoms with Gasteiger partial charge in [0.15, 0.2) is 0 Å². The number of hydrogen-bond donors (Lipinski definition) is 0. The van der Waals surface area contributed by atoms with E-state index < -0.39 is 6.09 Å². The second kappa shape index (κ2) is 4.99. The first-order valence-corrected chi connectivity index (χ1v) is 5.26. The van der Waals surface area contributed by atoms with E-state index in [0.29, 0.717) is 11.6 Å². The summed E-state index contributed by atoms with van der Waals surface area (Å²) in [4.78, 5) is 22.2. The monoisotopic (exact) mass is 237 g/mol. The number of hydrogen-bond acceptors (Lipinski definition) is 5. The number of rotatable bonds is 3. The number of carbonyl (C=O) groups is 1. The molecule has 1 amide bonds. The van der Waals surface area contributed by atoms with Crippen molar-refractivity contribution in [2.45, 2.75) is 20.4 Å². The molecule has 0 atom stereocenters. The second-order valence-electron chi connectivity index (χ2n) is 4.20. The number of amides is 1. The molecule has 0 radical (unpaired) electrons. The molecule has 0 aromatic carbocycles. The smallest absolute Gasteiger partial charge is 0.225 e. The van der Waals surface area contributed by atoms with Crippen LogP contribution in [0.1, 0.15) is 17.0 Å². The Bertz CT molecular complexity index is 432. The fourth-order valence-electron chi connectivity index (χ4n) is 1.32. The van der Waals surface area contributed by atoms with Crippen molar-refractivity contribution >= 4 is 12.0 Å². The quantitative estimate of drug-likeness (QED) is 0.736. The first-order chi connectivity index (χ1) is 7.82. The maximum absolute atomic E-state index is 10.7. The molecule has 1 heterocycles. The molecule has 0 saturated carbocycles. The summed E-state index contributed by atoms with van der Waals surface area (Å²) in [6.07, 6.45) is -1.22. The lowest BCUT2D eigenvalue weighted by Gasteiger charge is -2.21. The second-order valence-corrected chi connectivity index (χ2v) is 4.20. The molecule has 6 nitrogen and oxygen atoms in total. The molecule has 1 rings (SSSR count). The van der Waals surface area contributed by atoms with E-state index in [1.807, 2.05) is 27.9 Å². The number of carboxylic acid groups (broad SMARTS) is 1. The number of aromatic nitrogens is 2. The zero-order valence-electron chi connectivity index (χ0n) is 10.8. The molecule has 17 heavy (non-hydrogen) atoms. The Balaban J connectivity index is 3.09. The number of anilines is 1. The molecule has 0 N–H and O–H groups in total. The average Bonchev–Trinajstić information content (AvgIpc) is 2.23. The third-order valence-corrected chi connectivity index (χ3v) is 2.58. The summed E-state index contributed by atoms with van der Waals surface area (Å²) >= 11 is 0. The summed E-state index contributed by atoms with van der Waals surface area (Å²) in [7, 11) is 5.15. The zero-order valence-corrected chi connectivity index (χ0v) is 10.8. The van der Waals surface area contributed by atoms with Crippen LogP contribution in [0.2, 0.25) is 0 Å². The van der Waals surface area contributed by atoms with Gasteiger partial charge in [-0.25, -0.2) is 9.97 Å². The largest absolute Gasteiger partial charge is 0.530 e. The minimum atomic E-state index is -1.22. The molecule has 94 valence electrons. The van der Waals surface area contributed by atoms with E-state index in [2.05, 4.69) is 9.97 Å². The van der Waals surface area contributed by atoms with Gasteiger partial charge in [-0.05, 0) is 19.4 Å². The fraction of sp³-hybridized carbons (Fsp3) is 0.545. The van der Waals surface area contributed by atoms with E-state index in [1.165, 1.54) is 7.05 Å². The van der Waals surface area contributed by atoms with Crippen LogP contribution in [0.25, 0.3) is 0 Å². The van der Waals surface area contributed by atoms with Gasteiger partial charge in [0.1, 0.15) is 6.09 Å². The van der Waals surface area contributed by atoms with E-state index in [-0.39, 0.29) is 6.54 Å². The average molecular weight is 237 g/mol. The Morgan fingerprint density at radius 2 is 1.82 bits per heavy atom. The lowest BCUT2D eigenvalue weighted by atomic mass is 10.2. The van der Waals surface area contributed by atoms with Gasteiger partial charge in [0.2, 0.25) is 5.95 Å². The third kappa shape index (κ3) is 3.05. The molecular formula is C11H17N4O2-. The van der Waals surface area contributed by atoms with Gasteiger partial charge in [-0.2, -0.15) is 0 Å². The van der Waals surface area contributed by atoms with Crippen molar-refractivity contribution < 1.29 is 9.90 Å². The molecule has 0 aliphatic rings. The van der Waals surface area contributed by atoms with Gasteiger partial charge in [0.25, 0.3) is 0 Å². The Morgan fingerprint density at radius 3 is 2.29 bits per heavy atom. The fourth-order valence-corrected chi connectivity index (χ4v) is 1.32. The Kier molecular flexibility index (Phi) is 3.88. The number of carbonyl (C=O) groups excluding carboxylic acids is 1. The van der Waals surface area contributed by atoms with Gasteiger partial charge in [0, 0.05) is 26.8 Å². The van der Waals surface area contributed by atoms with Crippen LogP contribution in [0.4, 0.5) is 10.7 Å². The van der Waals surface area contributed by atoms with Crippen molar-refractivity contribution in [1.82, 2.24) is 14.9 Å². The topological polar surface area (TPSA) is 72.4 Å². The summed E-state index contributed by atoms with van der Waals surface area (Å²) in [6.45, 7) is 3.97. The Morgan fingerprint density at radius 1 is 1.24 bits per heavy atom. The highest BCUT2D eigenvalue weighted by atomic mass is 16.4. The first kappa shape index (κ1) is 13.2. The van der Waals surface area contributed by atoms with Crippen LogP contribution in [0.3, 0.4) is 0 Å². The molecule has 0 aliphatic heterocycles. The van der Waals surface area contributed by atoms with Gasteiger partial charge in [0.05, 0.1) is 12.2 Å². The van der Waals surface area contributed by atoms with Crippen LogP contribution in [-0.2, 0) is 6.54 Å². The SMILES string of the molecule is Cc1nc(N(C)C)nc(CN(C)C(=O)[O-])c1C. The summed E-state index contributed by atoms with van der Waals surface area (Å²) < 4.78 is 0. The van der Waals surface area contributed by atoms with Crippen LogP contribution in [-0.4, -0.2) is 42.1 Å². The number of aryl methyl sites for hydroxylation is 1. The molecule has 1 aromatic heterocycles. The normalized spacial score (nSPS) is 10.2. The molecule has 6 heteroatoms. The highest BCUT2D eigenvalue weighted by Crippen LogP contribution is 2.15. The van der Waals surface area contributed by atoms with Gasteiger partial charge >= 0.3 is 0 Å². The zero-order chi connectivity index (χ0) is 13.2. The lowest BCUT2D eigenvalue weighted by molar-refractivity contribution is -0.264. The van der Waals surface area contributed by atoms with Crippen LogP contribution < -0.4 is 10.0 Å². The Hall–Kier alpha value is -1.85. The van der Waals surface area contributed by atoms with Gasteiger partial charge in [-0.1, -0.05) is 0 Å². The highest BCUT2D eigenvalue weighted by molar-refractivity contribution is 5.62. The number of nitrogens with zero attached hydrogens (tertiary/aromatic N) is 4. The molecule has 0 saturated heterocycles. The molecule has 0 unspecified atom stereocenters. The van der Waals surface area contributed by atoms with Crippen molar-refractivity contribution in [2.75, 3.05) is 26.0 Å². The van der Waals surface area contributed by atoms with Crippen molar-refractivity contribution in [3.05, 3.63) is 17.0 Å². The summed E-state index contributed by atoms with van der Waals surface area (Å²) in [5.74, 6) is 0.579. The van der Waals surface area contributed by atoms with Crippen LogP contribution in [0.5, 0.6) is 0 Å². The first-order valence-electron chi connectivity index (χ1n) is 5.26. The highest BCUT2D eigenvalue weighted by Gasteiger charge is 2.11. The van der Waals surface area contributed by atoms with E-state index in [9.17, 15) is 9.90 Å². The molecule has 1 aromatic rings. The molecule has 0 spiro atoms. The lowest BCUT2D eigenvalue weighted by Crippen LogP contribution is -2.38. The summed E-state index contributed by atoms with van der Waals surface area (Å²) in [5, 5.41) is 10.7. The third-order valence-electron chi connectivity index (χ3n) is 2.58. The van der Waals surface area contributed by atoms with Gasteiger partial charge in [-0.3, -0.25) is 0 Å². The van der Waals surface area contributed by atoms with Crippen LogP contribution >= 0.6 is 0 Å². The van der Waals surface area contributed by atoms with Crippen molar-refractivity contribution in [3.8, 4) is 0 Å². The van der Waals surface area contributed by atoms with E-state index in [0.717, 1.165) is 16.2 Å². The van der Waals surface area contributed by atoms with Crippen molar-refractivity contribution in [2.24, 2.45) is 0 Å². The van der Waals surface area contributed by atoms with Crippen LogP contribution in [0.15, 0.2) is 0 Å². The Labute approximate surface area is 101 Å². The van der Waals surface area contributed by atoms with Gasteiger partial charge in [-0.15, -0.1) is 0 Å². The maximum Gasteiger partial charge on any atom is 0.225 e.